The van der Waals surface area contributed by atoms with E-state index in [9.17, 15) is 9.90 Å². The van der Waals surface area contributed by atoms with E-state index in [4.69, 9.17) is 9.47 Å². The van der Waals surface area contributed by atoms with Crippen LogP contribution >= 0.6 is 0 Å². The molecule has 1 aliphatic heterocycles. The number of hydrogen-bond acceptors (Lipinski definition) is 3. The number of hydrogen-bond donors (Lipinski definition) is 1. The maximum absolute atomic E-state index is 11.8. The fourth-order valence-electron chi connectivity index (χ4n) is 2.91. The molecule has 1 atom stereocenters. The molecule has 1 unspecified atom stereocenters. The fourth-order valence-corrected chi connectivity index (χ4v) is 2.91. The standard InChI is InChI=1S/C18H18O4/c1-3-21-11(2)13-8-9-16-14(17(13)18(19)20)10-12-6-4-5-7-15(12)22-16/h4-9,11H,3,10H2,1-2H3,(H,19,20). The van der Waals surface area contributed by atoms with E-state index in [1.165, 1.54) is 0 Å². The van der Waals surface area contributed by atoms with Crippen LogP contribution in [0, 0.1) is 0 Å². The van der Waals surface area contributed by atoms with E-state index in [-0.39, 0.29) is 6.10 Å². The van der Waals surface area contributed by atoms with Gasteiger partial charge in [0.25, 0.3) is 0 Å². The molecular formula is C18H18O4. The van der Waals surface area contributed by atoms with Crippen LogP contribution in [-0.2, 0) is 11.2 Å². The average Bonchev–Trinajstić information content (AvgIpc) is 2.51. The Labute approximate surface area is 129 Å². The smallest absolute Gasteiger partial charge is 0.336 e. The summed E-state index contributed by atoms with van der Waals surface area (Å²) in [6.07, 6.45) is 0.290. The first-order chi connectivity index (χ1) is 10.6. The van der Waals surface area contributed by atoms with E-state index in [1.54, 1.807) is 6.07 Å². The first-order valence-corrected chi connectivity index (χ1v) is 7.38. The summed E-state index contributed by atoms with van der Waals surface area (Å²) in [4.78, 5) is 11.8. The summed E-state index contributed by atoms with van der Waals surface area (Å²) in [6, 6.07) is 11.3. The minimum absolute atomic E-state index is 0.265. The molecule has 1 N–H and O–H groups in total. The van der Waals surface area contributed by atoms with Gasteiger partial charge in [0.2, 0.25) is 0 Å². The molecule has 0 spiro atoms. The van der Waals surface area contributed by atoms with Crippen LogP contribution in [0.2, 0.25) is 0 Å². The lowest BCUT2D eigenvalue weighted by molar-refractivity contribution is 0.0641. The molecule has 4 nitrogen and oxygen atoms in total. The summed E-state index contributed by atoms with van der Waals surface area (Å²) in [6.45, 7) is 4.31. The van der Waals surface area contributed by atoms with Gasteiger partial charge in [-0.25, -0.2) is 4.79 Å². The van der Waals surface area contributed by atoms with Gasteiger partial charge >= 0.3 is 5.97 Å². The Morgan fingerprint density at radius 3 is 2.77 bits per heavy atom. The molecule has 0 saturated carbocycles. The normalized spacial score (nSPS) is 13.7. The summed E-state index contributed by atoms with van der Waals surface area (Å²) in [5.41, 5.74) is 2.71. The van der Waals surface area contributed by atoms with Crippen LogP contribution in [-0.4, -0.2) is 17.7 Å². The van der Waals surface area contributed by atoms with E-state index >= 15 is 0 Å². The van der Waals surface area contributed by atoms with Gasteiger partial charge in [-0.2, -0.15) is 0 Å². The summed E-state index contributed by atoms with van der Waals surface area (Å²) in [5.74, 6) is 0.460. The lowest BCUT2D eigenvalue weighted by Gasteiger charge is -2.24. The largest absolute Gasteiger partial charge is 0.478 e. The van der Waals surface area contributed by atoms with Crippen molar-refractivity contribution < 1.29 is 19.4 Å². The molecule has 0 aliphatic carbocycles. The highest BCUT2D eigenvalue weighted by Gasteiger charge is 2.27. The summed E-state index contributed by atoms with van der Waals surface area (Å²) < 4.78 is 11.4. The van der Waals surface area contributed by atoms with Gasteiger partial charge in [-0.15, -0.1) is 0 Å². The summed E-state index contributed by atoms with van der Waals surface area (Å²) >= 11 is 0. The number of rotatable bonds is 4. The minimum atomic E-state index is -0.943. The van der Waals surface area contributed by atoms with E-state index < -0.39 is 5.97 Å². The lowest BCUT2D eigenvalue weighted by atomic mass is 9.91. The van der Waals surface area contributed by atoms with E-state index in [2.05, 4.69) is 0 Å². The average molecular weight is 298 g/mol. The van der Waals surface area contributed by atoms with Gasteiger partial charge in [-0.05, 0) is 37.1 Å². The number of carbonyl (C=O) groups is 1. The monoisotopic (exact) mass is 298 g/mol. The Hall–Kier alpha value is -2.33. The van der Waals surface area contributed by atoms with Gasteiger partial charge in [-0.3, -0.25) is 0 Å². The highest BCUT2D eigenvalue weighted by atomic mass is 16.5. The number of fused-ring (bicyclic) bond motifs is 2. The Morgan fingerprint density at radius 2 is 2.05 bits per heavy atom. The zero-order valence-corrected chi connectivity index (χ0v) is 12.6. The molecule has 22 heavy (non-hydrogen) atoms. The first-order valence-electron chi connectivity index (χ1n) is 7.38. The molecule has 0 bridgehead atoms. The molecule has 0 fully saturated rings. The van der Waals surface area contributed by atoms with Crippen molar-refractivity contribution >= 4 is 5.97 Å². The van der Waals surface area contributed by atoms with E-state index in [0.29, 0.717) is 29.9 Å². The SMILES string of the molecule is CCOC(C)c1ccc2c(c1C(=O)O)Cc1ccccc1O2. The van der Waals surface area contributed by atoms with Crippen LogP contribution in [0.5, 0.6) is 11.5 Å². The number of para-hydroxylation sites is 1. The molecule has 2 aromatic rings. The Bertz CT molecular complexity index is 721. The van der Waals surface area contributed by atoms with E-state index in [0.717, 1.165) is 16.9 Å². The van der Waals surface area contributed by atoms with Crippen molar-refractivity contribution in [2.24, 2.45) is 0 Å². The lowest BCUT2D eigenvalue weighted by Crippen LogP contribution is -2.15. The second kappa shape index (κ2) is 5.81. The minimum Gasteiger partial charge on any atom is -0.478 e. The molecule has 114 valence electrons. The zero-order valence-electron chi connectivity index (χ0n) is 12.6. The number of carboxylic acid groups (broad SMARTS) is 1. The quantitative estimate of drug-likeness (QED) is 0.785. The highest BCUT2D eigenvalue weighted by molar-refractivity contribution is 5.92. The third-order valence-electron chi connectivity index (χ3n) is 3.93. The summed E-state index contributed by atoms with van der Waals surface area (Å²) in [5, 5.41) is 9.68. The predicted octanol–water partition coefficient (Wildman–Crippen LogP) is 4.18. The number of benzene rings is 2. The maximum Gasteiger partial charge on any atom is 0.336 e. The maximum atomic E-state index is 11.8. The third-order valence-corrected chi connectivity index (χ3v) is 3.93. The highest BCUT2D eigenvalue weighted by Crippen LogP contribution is 2.40. The molecule has 2 aromatic carbocycles. The molecule has 1 heterocycles. The van der Waals surface area contributed by atoms with Crippen molar-refractivity contribution in [1.29, 1.82) is 0 Å². The topological polar surface area (TPSA) is 55.8 Å². The molecule has 0 saturated heterocycles. The third kappa shape index (κ3) is 2.46. The van der Waals surface area contributed by atoms with Gasteiger partial charge in [0.15, 0.2) is 0 Å². The Kier molecular flexibility index (Phi) is 3.86. The van der Waals surface area contributed by atoms with Crippen LogP contribution in [0.25, 0.3) is 0 Å². The Morgan fingerprint density at radius 1 is 1.27 bits per heavy atom. The molecule has 0 amide bonds. The molecule has 0 radical (unpaired) electrons. The van der Waals surface area contributed by atoms with Crippen LogP contribution in [0.15, 0.2) is 36.4 Å². The van der Waals surface area contributed by atoms with Gasteiger partial charge in [-0.1, -0.05) is 24.3 Å². The number of carboxylic acids is 1. The molecule has 0 aromatic heterocycles. The molecule has 1 aliphatic rings. The van der Waals surface area contributed by atoms with Crippen molar-refractivity contribution in [3.8, 4) is 11.5 Å². The van der Waals surface area contributed by atoms with Gasteiger partial charge in [0, 0.05) is 18.6 Å². The number of ether oxygens (including phenoxy) is 2. The fraction of sp³-hybridized carbons (Fsp3) is 0.278. The second-order valence-corrected chi connectivity index (χ2v) is 5.30. The van der Waals surface area contributed by atoms with Gasteiger partial charge in [0.1, 0.15) is 11.5 Å². The van der Waals surface area contributed by atoms with Crippen LogP contribution in [0.1, 0.15) is 47.0 Å². The van der Waals surface area contributed by atoms with Gasteiger partial charge < -0.3 is 14.6 Å². The Balaban J connectivity index is 2.11. The molecule has 3 rings (SSSR count). The molecular weight excluding hydrogens is 280 g/mol. The second-order valence-electron chi connectivity index (χ2n) is 5.30. The van der Waals surface area contributed by atoms with Crippen molar-refractivity contribution in [3.05, 3.63) is 58.7 Å². The first kappa shape index (κ1) is 14.6. The van der Waals surface area contributed by atoms with Crippen molar-refractivity contribution in [2.75, 3.05) is 6.61 Å². The van der Waals surface area contributed by atoms with Gasteiger partial charge in [0.05, 0.1) is 11.7 Å². The van der Waals surface area contributed by atoms with Crippen molar-refractivity contribution in [3.63, 3.8) is 0 Å². The van der Waals surface area contributed by atoms with E-state index in [1.807, 2.05) is 44.2 Å². The van der Waals surface area contributed by atoms with Crippen LogP contribution < -0.4 is 4.74 Å². The van der Waals surface area contributed by atoms with Crippen molar-refractivity contribution in [1.82, 2.24) is 0 Å². The molecule has 4 heteroatoms. The van der Waals surface area contributed by atoms with Crippen LogP contribution in [0.3, 0.4) is 0 Å². The van der Waals surface area contributed by atoms with Crippen LogP contribution in [0.4, 0.5) is 0 Å². The summed E-state index contributed by atoms with van der Waals surface area (Å²) in [7, 11) is 0. The zero-order chi connectivity index (χ0) is 15.7. The van der Waals surface area contributed by atoms with Crippen molar-refractivity contribution in [2.45, 2.75) is 26.4 Å². The number of aromatic carboxylic acids is 1. The predicted molar refractivity (Wildman–Crippen MR) is 82.8 cm³/mol.